The number of H-pyrrole nitrogens is 1. The van der Waals surface area contributed by atoms with Crippen LogP contribution in [0.1, 0.15) is 60.3 Å². The van der Waals surface area contributed by atoms with Gasteiger partial charge in [0.05, 0.1) is 25.4 Å². The first-order chi connectivity index (χ1) is 13.4. The van der Waals surface area contributed by atoms with Gasteiger partial charge < -0.3 is 14.2 Å². The van der Waals surface area contributed by atoms with E-state index in [1.54, 1.807) is 31.3 Å². The van der Waals surface area contributed by atoms with E-state index in [0.717, 1.165) is 22.8 Å². The lowest BCUT2D eigenvalue weighted by Crippen LogP contribution is -2.30. The molecule has 0 aliphatic rings. The first-order valence-electron chi connectivity index (χ1n) is 9.37. The van der Waals surface area contributed by atoms with Crippen LogP contribution < -0.4 is 4.74 Å². The van der Waals surface area contributed by atoms with Crippen molar-refractivity contribution in [3.63, 3.8) is 0 Å². The Morgan fingerprint density at radius 2 is 2.07 bits per heavy atom. The Bertz CT molecular complexity index is 944. The average Bonchev–Trinajstić information content (AvgIpc) is 3.36. The minimum Gasteiger partial charge on any atom is -0.497 e. The molecule has 0 fully saturated rings. The average molecular weight is 381 g/mol. The molecule has 0 aliphatic carbocycles. The van der Waals surface area contributed by atoms with Gasteiger partial charge in [0.2, 0.25) is 0 Å². The first-order valence-corrected chi connectivity index (χ1v) is 9.37. The van der Waals surface area contributed by atoms with E-state index in [4.69, 9.17) is 4.74 Å². The minimum absolute atomic E-state index is 0.107. The van der Waals surface area contributed by atoms with Crippen LogP contribution in [0.3, 0.4) is 0 Å². The van der Waals surface area contributed by atoms with Gasteiger partial charge in [0.25, 0.3) is 5.91 Å². The molecule has 0 bridgehead atoms. The third-order valence-electron chi connectivity index (χ3n) is 4.93. The number of aromatic nitrogens is 4. The summed E-state index contributed by atoms with van der Waals surface area (Å²) < 4.78 is 7.35. The molecule has 0 aliphatic heterocycles. The molecule has 1 aromatic carbocycles. The number of rotatable bonds is 7. The number of carbonyl (C=O) groups is 1. The van der Waals surface area contributed by atoms with E-state index < -0.39 is 0 Å². The summed E-state index contributed by atoms with van der Waals surface area (Å²) in [5.74, 6) is 1.97. The molecule has 1 unspecified atom stereocenters. The van der Waals surface area contributed by atoms with Gasteiger partial charge in [-0.1, -0.05) is 26.0 Å². The number of imidazole rings is 1. The highest BCUT2D eigenvalue weighted by molar-refractivity contribution is 5.92. The number of carbonyl (C=O) groups excluding carboxylic acids is 1. The highest BCUT2D eigenvalue weighted by atomic mass is 16.5. The van der Waals surface area contributed by atoms with E-state index in [0.29, 0.717) is 18.2 Å². The van der Waals surface area contributed by atoms with Crippen LogP contribution in [0.2, 0.25) is 0 Å². The molecule has 1 amide bonds. The molecule has 2 aromatic heterocycles. The van der Waals surface area contributed by atoms with Crippen molar-refractivity contribution >= 4 is 5.91 Å². The van der Waals surface area contributed by atoms with Gasteiger partial charge >= 0.3 is 0 Å². The van der Waals surface area contributed by atoms with Gasteiger partial charge in [-0.25, -0.2) is 4.98 Å². The Morgan fingerprint density at radius 1 is 1.29 bits per heavy atom. The Labute approximate surface area is 165 Å². The first kappa shape index (κ1) is 19.7. The SMILES string of the molecule is COc1cccc(C(C)N(C)C(=O)c2cc(Cn3ccnc3C(C)C)[nH]n2)c1. The lowest BCUT2D eigenvalue weighted by molar-refractivity contribution is 0.0736. The van der Waals surface area contributed by atoms with Crippen LogP contribution in [0.25, 0.3) is 0 Å². The van der Waals surface area contributed by atoms with Crippen LogP contribution in [0.5, 0.6) is 5.75 Å². The Morgan fingerprint density at radius 3 is 2.79 bits per heavy atom. The van der Waals surface area contributed by atoms with E-state index in [1.165, 1.54) is 0 Å². The number of nitrogens with one attached hydrogen (secondary N) is 1. The maximum atomic E-state index is 12.9. The summed E-state index contributed by atoms with van der Waals surface area (Å²) in [6.07, 6.45) is 3.73. The van der Waals surface area contributed by atoms with Gasteiger partial charge in [0, 0.05) is 25.4 Å². The van der Waals surface area contributed by atoms with Crippen LogP contribution in [0.4, 0.5) is 0 Å². The number of hydrogen-bond acceptors (Lipinski definition) is 4. The van der Waals surface area contributed by atoms with Crippen LogP contribution in [-0.4, -0.2) is 44.7 Å². The Hall–Kier alpha value is -3.09. The minimum atomic E-state index is -0.132. The second-order valence-corrected chi connectivity index (χ2v) is 7.22. The van der Waals surface area contributed by atoms with Gasteiger partial charge in [-0.15, -0.1) is 0 Å². The number of amides is 1. The van der Waals surface area contributed by atoms with Crippen LogP contribution >= 0.6 is 0 Å². The van der Waals surface area contributed by atoms with E-state index in [-0.39, 0.29) is 11.9 Å². The topological polar surface area (TPSA) is 76.0 Å². The normalized spacial score (nSPS) is 12.2. The maximum absolute atomic E-state index is 12.9. The summed E-state index contributed by atoms with van der Waals surface area (Å²) in [5.41, 5.74) is 2.27. The molecule has 2 heterocycles. The molecule has 0 saturated heterocycles. The molecule has 28 heavy (non-hydrogen) atoms. The van der Waals surface area contributed by atoms with Crippen molar-refractivity contribution in [3.8, 4) is 5.75 Å². The van der Waals surface area contributed by atoms with Gasteiger partial charge in [0.1, 0.15) is 17.3 Å². The molecule has 0 saturated carbocycles. The predicted octanol–water partition coefficient (Wildman–Crippen LogP) is 3.62. The number of nitrogens with zero attached hydrogens (tertiary/aromatic N) is 4. The van der Waals surface area contributed by atoms with Gasteiger partial charge in [-0.3, -0.25) is 9.89 Å². The number of hydrogen-bond donors (Lipinski definition) is 1. The van der Waals surface area contributed by atoms with Crippen molar-refractivity contribution < 1.29 is 9.53 Å². The predicted molar refractivity (Wildman–Crippen MR) is 108 cm³/mol. The lowest BCUT2D eigenvalue weighted by Gasteiger charge is -2.24. The summed E-state index contributed by atoms with van der Waals surface area (Å²) in [6.45, 7) is 6.80. The number of methoxy groups -OCH3 is 1. The van der Waals surface area contributed by atoms with Crippen molar-refractivity contribution in [1.29, 1.82) is 0 Å². The van der Waals surface area contributed by atoms with Gasteiger partial charge in [0.15, 0.2) is 0 Å². The molecule has 3 aromatic rings. The molecular formula is C21H27N5O2. The Balaban J connectivity index is 1.73. The summed E-state index contributed by atoms with van der Waals surface area (Å²) in [4.78, 5) is 19.0. The van der Waals surface area contributed by atoms with E-state index in [1.807, 2.05) is 37.4 Å². The van der Waals surface area contributed by atoms with Crippen molar-refractivity contribution in [2.24, 2.45) is 0 Å². The van der Waals surface area contributed by atoms with Crippen LogP contribution in [0, 0.1) is 0 Å². The van der Waals surface area contributed by atoms with Crippen molar-refractivity contribution in [2.75, 3.05) is 14.2 Å². The van der Waals surface area contributed by atoms with Gasteiger partial charge in [-0.2, -0.15) is 5.10 Å². The molecule has 0 radical (unpaired) electrons. The molecule has 7 nitrogen and oxygen atoms in total. The largest absolute Gasteiger partial charge is 0.497 e. The third kappa shape index (κ3) is 4.08. The second-order valence-electron chi connectivity index (χ2n) is 7.22. The van der Waals surface area contributed by atoms with E-state index in [9.17, 15) is 4.79 Å². The molecular weight excluding hydrogens is 354 g/mol. The number of aromatic amines is 1. The van der Waals surface area contributed by atoms with E-state index >= 15 is 0 Å². The number of benzene rings is 1. The third-order valence-corrected chi connectivity index (χ3v) is 4.93. The highest BCUT2D eigenvalue weighted by Gasteiger charge is 2.22. The standard InChI is InChI=1S/C21H27N5O2/c1-14(2)20-22-9-10-26(20)13-17-12-19(24-23-17)21(27)25(4)15(3)16-7-6-8-18(11-16)28-5/h6-12,14-15H,13H2,1-5H3,(H,23,24). The van der Waals surface area contributed by atoms with Gasteiger partial charge in [-0.05, 0) is 30.7 Å². The number of ether oxygens (including phenoxy) is 1. The highest BCUT2D eigenvalue weighted by Crippen LogP contribution is 2.24. The molecule has 1 atom stereocenters. The summed E-state index contributed by atoms with van der Waals surface area (Å²) >= 11 is 0. The molecule has 0 spiro atoms. The fourth-order valence-corrected chi connectivity index (χ4v) is 3.17. The monoisotopic (exact) mass is 381 g/mol. The summed E-state index contributed by atoms with van der Waals surface area (Å²) in [7, 11) is 3.42. The van der Waals surface area contributed by atoms with Crippen molar-refractivity contribution in [3.05, 3.63) is 65.5 Å². The zero-order chi connectivity index (χ0) is 20.3. The lowest BCUT2D eigenvalue weighted by atomic mass is 10.1. The second kappa shape index (κ2) is 8.29. The summed E-state index contributed by atoms with van der Waals surface area (Å²) in [6, 6.07) is 9.44. The smallest absolute Gasteiger partial charge is 0.274 e. The van der Waals surface area contributed by atoms with Crippen LogP contribution in [0.15, 0.2) is 42.7 Å². The quantitative estimate of drug-likeness (QED) is 0.678. The van der Waals surface area contributed by atoms with Crippen molar-refractivity contribution in [1.82, 2.24) is 24.6 Å². The van der Waals surface area contributed by atoms with E-state index in [2.05, 4.69) is 33.6 Å². The Kier molecular flexibility index (Phi) is 5.82. The fourth-order valence-electron chi connectivity index (χ4n) is 3.17. The molecule has 1 N–H and O–H groups in total. The molecule has 3 rings (SSSR count). The maximum Gasteiger partial charge on any atom is 0.274 e. The summed E-state index contributed by atoms with van der Waals surface area (Å²) in [5, 5.41) is 7.20. The van der Waals surface area contributed by atoms with Crippen LogP contribution in [-0.2, 0) is 6.54 Å². The zero-order valence-corrected chi connectivity index (χ0v) is 17.0. The fraction of sp³-hybridized carbons (Fsp3) is 0.381. The molecule has 7 heteroatoms. The van der Waals surface area contributed by atoms with Crippen molar-refractivity contribution in [2.45, 2.75) is 39.3 Å². The zero-order valence-electron chi connectivity index (χ0n) is 17.0. The molecule has 148 valence electrons.